The second-order valence-corrected chi connectivity index (χ2v) is 7.70. The molecule has 1 aromatic rings. The molecule has 0 unspecified atom stereocenters. The minimum absolute atomic E-state index is 0.0342. The molecule has 3 N–H and O–H groups in total. The van der Waals surface area contributed by atoms with Crippen molar-refractivity contribution < 1.29 is 0 Å². The quantitative estimate of drug-likeness (QED) is 0.849. The molecule has 0 amide bonds. The van der Waals surface area contributed by atoms with Gasteiger partial charge in [-0.1, -0.05) is 38.4 Å². The van der Waals surface area contributed by atoms with E-state index in [2.05, 4.69) is 32.2 Å². The fourth-order valence-corrected chi connectivity index (χ4v) is 3.48. The summed E-state index contributed by atoms with van der Waals surface area (Å²) in [4.78, 5) is 0. The van der Waals surface area contributed by atoms with Gasteiger partial charge in [0.2, 0.25) is 0 Å². The molecule has 112 valence electrons. The summed E-state index contributed by atoms with van der Waals surface area (Å²) in [6, 6.07) is 7.93. The van der Waals surface area contributed by atoms with Gasteiger partial charge in [0.1, 0.15) is 0 Å². The van der Waals surface area contributed by atoms with Gasteiger partial charge >= 0.3 is 0 Å². The van der Waals surface area contributed by atoms with Gasteiger partial charge < -0.3 is 11.1 Å². The standard InChI is InChI=1S/C17H27ClN2/c1-16(2,3)13-7-9-17(12-19,10-8-13)20-15-6-4-5-14(18)11-15/h4-6,11,13,20H,7-10,12,19H2,1-3H3. The highest BCUT2D eigenvalue weighted by Crippen LogP contribution is 2.42. The average Bonchev–Trinajstić information content (AvgIpc) is 2.38. The summed E-state index contributed by atoms with van der Waals surface area (Å²) in [5, 5.41) is 4.42. The molecule has 1 aliphatic rings. The van der Waals surface area contributed by atoms with Gasteiger partial charge in [0.15, 0.2) is 0 Å². The third kappa shape index (κ3) is 3.67. The first-order valence-corrected chi connectivity index (χ1v) is 7.96. The van der Waals surface area contributed by atoms with E-state index in [0.29, 0.717) is 12.0 Å². The predicted octanol–water partition coefficient (Wildman–Crippen LogP) is 4.69. The Kier molecular flexibility index (Phi) is 4.66. The fraction of sp³-hybridized carbons (Fsp3) is 0.647. The number of hydrogen-bond donors (Lipinski definition) is 2. The summed E-state index contributed by atoms with van der Waals surface area (Å²) >= 11 is 6.06. The van der Waals surface area contributed by atoms with Crippen LogP contribution in [0.5, 0.6) is 0 Å². The normalized spacial score (nSPS) is 27.4. The second kappa shape index (κ2) is 5.95. The lowest BCUT2D eigenvalue weighted by atomic mass is 9.67. The summed E-state index contributed by atoms with van der Waals surface area (Å²) in [6.45, 7) is 7.71. The molecule has 1 aliphatic carbocycles. The van der Waals surface area contributed by atoms with Crippen molar-refractivity contribution in [1.82, 2.24) is 0 Å². The first kappa shape index (κ1) is 15.7. The molecule has 20 heavy (non-hydrogen) atoms. The van der Waals surface area contributed by atoms with Crippen LogP contribution < -0.4 is 11.1 Å². The monoisotopic (exact) mass is 294 g/mol. The number of hydrogen-bond acceptors (Lipinski definition) is 2. The van der Waals surface area contributed by atoms with Crippen molar-refractivity contribution in [2.24, 2.45) is 17.1 Å². The van der Waals surface area contributed by atoms with Crippen LogP contribution in [-0.4, -0.2) is 12.1 Å². The molecule has 0 atom stereocenters. The maximum Gasteiger partial charge on any atom is 0.0495 e. The van der Waals surface area contributed by atoms with E-state index in [9.17, 15) is 0 Å². The Morgan fingerprint density at radius 1 is 1.30 bits per heavy atom. The number of nitrogens with two attached hydrogens (primary N) is 1. The Morgan fingerprint density at radius 3 is 2.45 bits per heavy atom. The van der Waals surface area contributed by atoms with Gasteiger partial charge in [0.05, 0.1) is 0 Å². The van der Waals surface area contributed by atoms with Crippen LogP contribution in [0.2, 0.25) is 5.02 Å². The Morgan fingerprint density at radius 2 is 1.95 bits per heavy atom. The molecule has 0 aliphatic heterocycles. The zero-order valence-electron chi connectivity index (χ0n) is 12.9. The highest BCUT2D eigenvalue weighted by Gasteiger charge is 2.37. The first-order valence-electron chi connectivity index (χ1n) is 7.58. The molecule has 2 rings (SSSR count). The van der Waals surface area contributed by atoms with Crippen LogP contribution >= 0.6 is 11.6 Å². The molecule has 1 aromatic carbocycles. The molecule has 0 radical (unpaired) electrons. The Labute approximate surface area is 128 Å². The zero-order valence-corrected chi connectivity index (χ0v) is 13.6. The van der Waals surface area contributed by atoms with Crippen LogP contribution in [0.4, 0.5) is 5.69 Å². The van der Waals surface area contributed by atoms with Crippen molar-refractivity contribution >= 4 is 17.3 Å². The molecular weight excluding hydrogens is 268 g/mol. The maximum atomic E-state index is 6.08. The van der Waals surface area contributed by atoms with Gasteiger partial charge in [-0.2, -0.15) is 0 Å². The van der Waals surface area contributed by atoms with Crippen molar-refractivity contribution in [3.63, 3.8) is 0 Å². The first-order chi connectivity index (χ1) is 9.35. The predicted molar refractivity (Wildman–Crippen MR) is 88.3 cm³/mol. The van der Waals surface area contributed by atoms with Crippen LogP contribution in [0.25, 0.3) is 0 Å². The van der Waals surface area contributed by atoms with Crippen molar-refractivity contribution in [3.8, 4) is 0 Å². The average molecular weight is 295 g/mol. The van der Waals surface area contributed by atoms with Crippen LogP contribution in [0, 0.1) is 11.3 Å². The van der Waals surface area contributed by atoms with Crippen molar-refractivity contribution in [2.75, 3.05) is 11.9 Å². The molecule has 0 spiro atoms. The number of halogens is 1. The molecular formula is C17H27ClN2. The molecule has 0 heterocycles. The van der Waals surface area contributed by atoms with E-state index in [-0.39, 0.29) is 5.54 Å². The molecule has 2 nitrogen and oxygen atoms in total. The number of nitrogens with one attached hydrogen (secondary N) is 1. The lowest BCUT2D eigenvalue weighted by Crippen LogP contribution is -2.49. The molecule has 1 fully saturated rings. The van der Waals surface area contributed by atoms with Gasteiger partial charge in [-0.15, -0.1) is 0 Å². The minimum atomic E-state index is 0.0342. The molecule has 1 saturated carbocycles. The highest BCUT2D eigenvalue weighted by molar-refractivity contribution is 6.30. The van der Waals surface area contributed by atoms with E-state index < -0.39 is 0 Å². The zero-order chi connectivity index (χ0) is 14.8. The summed E-state index contributed by atoms with van der Waals surface area (Å²) in [6.07, 6.45) is 4.76. The second-order valence-electron chi connectivity index (χ2n) is 7.26. The van der Waals surface area contributed by atoms with Gasteiger partial charge in [-0.25, -0.2) is 0 Å². The third-order valence-corrected chi connectivity index (χ3v) is 5.03. The van der Waals surface area contributed by atoms with E-state index in [1.54, 1.807) is 0 Å². The van der Waals surface area contributed by atoms with Crippen molar-refractivity contribution in [3.05, 3.63) is 29.3 Å². The van der Waals surface area contributed by atoms with Crippen molar-refractivity contribution in [1.29, 1.82) is 0 Å². The Balaban J connectivity index is 2.05. The SMILES string of the molecule is CC(C)(C)C1CCC(CN)(Nc2cccc(Cl)c2)CC1. The van der Waals surface area contributed by atoms with E-state index in [1.807, 2.05) is 18.2 Å². The lowest BCUT2D eigenvalue weighted by molar-refractivity contribution is 0.145. The topological polar surface area (TPSA) is 38.0 Å². The molecule has 0 bridgehead atoms. The van der Waals surface area contributed by atoms with Gasteiger partial charge in [-0.05, 0) is 55.2 Å². The molecule has 3 heteroatoms. The van der Waals surface area contributed by atoms with Gasteiger partial charge in [0, 0.05) is 22.8 Å². The van der Waals surface area contributed by atoms with E-state index >= 15 is 0 Å². The van der Waals surface area contributed by atoms with Crippen LogP contribution in [0.15, 0.2) is 24.3 Å². The lowest BCUT2D eigenvalue weighted by Gasteiger charge is -2.44. The Hall–Kier alpha value is -0.730. The smallest absolute Gasteiger partial charge is 0.0495 e. The van der Waals surface area contributed by atoms with Crippen LogP contribution in [-0.2, 0) is 0 Å². The van der Waals surface area contributed by atoms with E-state index in [4.69, 9.17) is 17.3 Å². The van der Waals surface area contributed by atoms with Gasteiger partial charge in [-0.3, -0.25) is 0 Å². The van der Waals surface area contributed by atoms with E-state index in [0.717, 1.165) is 29.5 Å². The third-order valence-electron chi connectivity index (χ3n) is 4.79. The summed E-state index contributed by atoms with van der Waals surface area (Å²) < 4.78 is 0. The summed E-state index contributed by atoms with van der Waals surface area (Å²) in [7, 11) is 0. The fourth-order valence-electron chi connectivity index (χ4n) is 3.29. The minimum Gasteiger partial charge on any atom is -0.378 e. The van der Waals surface area contributed by atoms with E-state index in [1.165, 1.54) is 12.8 Å². The van der Waals surface area contributed by atoms with Crippen LogP contribution in [0.3, 0.4) is 0 Å². The van der Waals surface area contributed by atoms with Crippen molar-refractivity contribution in [2.45, 2.75) is 52.0 Å². The number of rotatable bonds is 3. The molecule has 0 saturated heterocycles. The molecule has 0 aromatic heterocycles. The highest BCUT2D eigenvalue weighted by atomic mass is 35.5. The summed E-state index contributed by atoms with van der Waals surface area (Å²) in [5.41, 5.74) is 7.60. The number of benzene rings is 1. The number of anilines is 1. The van der Waals surface area contributed by atoms with Gasteiger partial charge in [0.25, 0.3) is 0 Å². The van der Waals surface area contributed by atoms with Crippen LogP contribution in [0.1, 0.15) is 46.5 Å². The Bertz CT molecular complexity index is 443. The summed E-state index contributed by atoms with van der Waals surface area (Å²) in [5.74, 6) is 0.795. The maximum absolute atomic E-state index is 6.08. The largest absolute Gasteiger partial charge is 0.378 e.